The van der Waals surface area contributed by atoms with Crippen LogP contribution in [0.15, 0.2) is 45.7 Å². The summed E-state index contributed by atoms with van der Waals surface area (Å²) in [7, 11) is 0. The molecule has 1 fully saturated rings. The molecule has 20 heavy (non-hydrogen) atoms. The molecule has 100 valence electrons. The lowest BCUT2D eigenvalue weighted by Crippen LogP contribution is -2.17. The number of hydrogen-bond donors (Lipinski definition) is 1. The van der Waals surface area contributed by atoms with Crippen LogP contribution >= 0.6 is 35.6 Å². The van der Waals surface area contributed by atoms with E-state index in [0.717, 1.165) is 5.56 Å². The zero-order valence-electron chi connectivity index (χ0n) is 10.1. The monoisotopic (exact) mass is 321 g/mol. The number of nitrogens with one attached hydrogen (secondary N) is 1. The van der Waals surface area contributed by atoms with Gasteiger partial charge in [-0.05, 0) is 24.3 Å². The normalized spacial score (nSPS) is 16.8. The molecule has 1 aliphatic rings. The van der Waals surface area contributed by atoms with E-state index in [1.54, 1.807) is 18.2 Å². The van der Waals surface area contributed by atoms with Gasteiger partial charge in [0.05, 0.1) is 9.93 Å². The number of carbonyl (C=O) groups is 1. The number of halogens is 1. The molecule has 0 aliphatic carbocycles. The zero-order valence-corrected chi connectivity index (χ0v) is 12.4. The van der Waals surface area contributed by atoms with Crippen molar-refractivity contribution >= 4 is 51.9 Å². The molecule has 0 radical (unpaired) electrons. The molecule has 1 amide bonds. The molecule has 1 saturated heterocycles. The molecule has 0 atom stereocenters. The summed E-state index contributed by atoms with van der Waals surface area (Å²) < 4.78 is 6.16. The van der Waals surface area contributed by atoms with E-state index in [-0.39, 0.29) is 5.91 Å². The van der Waals surface area contributed by atoms with E-state index >= 15 is 0 Å². The van der Waals surface area contributed by atoms with Crippen LogP contribution in [0.4, 0.5) is 0 Å². The molecule has 2 aromatic rings. The van der Waals surface area contributed by atoms with Crippen LogP contribution < -0.4 is 5.32 Å². The molecule has 3 rings (SSSR count). The number of hydrogen-bond acceptors (Lipinski definition) is 4. The predicted octanol–water partition coefficient (Wildman–Crippen LogP) is 4.09. The molecule has 1 aromatic heterocycles. The Balaban J connectivity index is 1.92. The van der Waals surface area contributed by atoms with Crippen LogP contribution in [0.1, 0.15) is 5.76 Å². The van der Waals surface area contributed by atoms with Crippen LogP contribution in [0.3, 0.4) is 0 Å². The highest BCUT2D eigenvalue weighted by Gasteiger charge is 2.22. The minimum Gasteiger partial charge on any atom is -0.457 e. The summed E-state index contributed by atoms with van der Waals surface area (Å²) >= 11 is 12.3. The largest absolute Gasteiger partial charge is 0.457 e. The molecular weight excluding hydrogens is 314 g/mol. The van der Waals surface area contributed by atoms with E-state index in [2.05, 4.69) is 5.32 Å². The van der Waals surface area contributed by atoms with Crippen molar-refractivity contribution in [1.82, 2.24) is 5.32 Å². The van der Waals surface area contributed by atoms with E-state index in [1.807, 2.05) is 24.3 Å². The standard InChI is InChI=1S/C14H8ClNO2S2/c15-10-4-2-1-3-9(10)11-6-5-8(18-11)7-12-13(17)16-14(19)20-12/h1-7H,(H,16,17,19)/b12-7-. The summed E-state index contributed by atoms with van der Waals surface area (Å²) in [5.74, 6) is 1.05. The number of carbonyl (C=O) groups excluding carboxylic acids is 1. The molecule has 0 bridgehead atoms. The highest BCUT2D eigenvalue weighted by atomic mass is 35.5. The minimum atomic E-state index is -0.198. The first-order valence-corrected chi connectivity index (χ1v) is 7.33. The molecule has 1 aromatic carbocycles. The fourth-order valence-electron chi connectivity index (χ4n) is 1.79. The van der Waals surface area contributed by atoms with Crippen LogP contribution in [-0.4, -0.2) is 10.2 Å². The maximum absolute atomic E-state index is 11.6. The lowest BCUT2D eigenvalue weighted by Gasteiger charge is -1.99. The second kappa shape index (κ2) is 5.44. The highest BCUT2D eigenvalue weighted by Crippen LogP contribution is 2.31. The van der Waals surface area contributed by atoms with Gasteiger partial charge >= 0.3 is 0 Å². The first kappa shape index (κ1) is 13.4. The van der Waals surface area contributed by atoms with Gasteiger partial charge in [-0.15, -0.1) is 0 Å². The van der Waals surface area contributed by atoms with Crippen molar-refractivity contribution < 1.29 is 9.21 Å². The third-order valence-corrected chi connectivity index (χ3v) is 4.17. The van der Waals surface area contributed by atoms with E-state index in [4.69, 9.17) is 28.2 Å². The number of thiocarbonyl (C=S) groups is 1. The molecular formula is C14H8ClNO2S2. The van der Waals surface area contributed by atoms with Crippen LogP contribution in [0.25, 0.3) is 17.4 Å². The third-order valence-electron chi connectivity index (χ3n) is 2.68. The molecule has 0 unspecified atom stereocenters. The summed E-state index contributed by atoms with van der Waals surface area (Å²) in [4.78, 5) is 12.1. The average molecular weight is 322 g/mol. The molecule has 1 N–H and O–H groups in total. The van der Waals surface area contributed by atoms with E-state index < -0.39 is 0 Å². The molecule has 0 saturated carbocycles. The van der Waals surface area contributed by atoms with Gasteiger partial charge in [0.15, 0.2) is 0 Å². The maximum Gasteiger partial charge on any atom is 0.263 e. The highest BCUT2D eigenvalue weighted by molar-refractivity contribution is 8.26. The Morgan fingerprint density at radius 3 is 2.75 bits per heavy atom. The smallest absolute Gasteiger partial charge is 0.263 e. The second-order valence-corrected chi connectivity index (χ2v) is 6.16. The summed E-state index contributed by atoms with van der Waals surface area (Å²) in [6, 6.07) is 11.0. The van der Waals surface area contributed by atoms with Crippen molar-refractivity contribution in [3.63, 3.8) is 0 Å². The number of benzene rings is 1. The second-order valence-electron chi connectivity index (χ2n) is 4.03. The van der Waals surface area contributed by atoms with Crippen LogP contribution in [0.5, 0.6) is 0 Å². The number of furan rings is 1. The molecule has 2 heterocycles. The summed E-state index contributed by atoms with van der Waals surface area (Å²) in [5, 5.41) is 3.18. The minimum absolute atomic E-state index is 0.198. The molecule has 6 heteroatoms. The van der Waals surface area contributed by atoms with Gasteiger partial charge in [-0.25, -0.2) is 0 Å². The Hall–Kier alpha value is -1.56. The van der Waals surface area contributed by atoms with Gasteiger partial charge in [0.2, 0.25) is 0 Å². The Kier molecular flexibility index (Phi) is 3.65. The Bertz CT molecular complexity index is 736. The van der Waals surface area contributed by atoms with Crippen LogP contribution in [-0.2, 0) is 4.79 Å². The lowest BCUT2D eigenvalue weighted by atomic mass is 10.2. The fourth-order valence-corrected chi connectivity index (χ4v) is 3.04. The maximum atomic E-state index is 11.6. The predicted molar refractivity (Wildman–Crippen MR) is 85.5 cm³/mol. The third kappa shape index (κ3) is 2.65. The summed E-state index contributed by atoms with van der Waals surface area (Å²) in [6.07, 6.45) is 1.67. The van der Waals surface area contributed by atoms with Gasteiger partial charge in [0, 0.05) is 11.6 Å². The van der Waals surface area contributed by atoms with E-state index in [1.165, 1.54) is 11.8 Å². The van der Waals surface area contributed by atoms with Gasteiger partial charge in [0.1, 0.15) is 15.8 Å². The van der Waals surface area contributed by atoms with Gasteiger partial charge in [0.25, 0.3) is 5.91 Å². The van der Waals surface area contributed by atoms with Crippen molar-refractivity contribution in [2.24, 2.45) is 0 Å². The lowest BCUT2D eigenvalue weighted by molar-refractivity contribution is -0.115. The molecule has 1 aliphatic heterocycles. The van der Waals surface area contributed by atoms with Gasteiger partial charge in [-0.3, -0.25) is 4.79 Å². The van der Waals surface area contributed by atoms with Gasteiger partial charge in [-0.2, -0.15) is 0 Å². The SMILES string of the molecule is O=C1NC(=S)S/C1=C\c1ccc(-c2ccccc2Cl)o1. The number of thioether (sulfide) groups is 1. The van der Waals surface area contributed by atoms with Crippen molar-refractivity contribution in [3.8, 4) is 11.3 Å². The summed E-state index contributed by atoms with van der Waals surface area (Å²) in [6.45, 7) is 0. The van der Waals surface area contributed by atoms with Gasteiger partial charge < -0.3 is 9.73 Å². The molecule has 3 nitrogen and oxygen atoms in total. The molecule has 0 spiro atoms. The first-order valence-electron chi connectivity index (χ1n) is 5.73. The van der Waals surface area contributed by atoms with Crippen molar-refractivity contribution in [2.45, 2.75) is 0 Å². The first-order chi connectivity index (χ1) is 9.63. The van der Waals surface area contributed by atoms with Gasteiger partial charge in [-0.1, -0.05) is 47.7 Å². The Labute approximate surface area is 130 Å². The van der Waals surface area contributed by atoms with Crippen molar-refractivity contribution in [3.05, 3.63) is 52.1 Å². The topological polar surface area (TPSA) is 42.2 Å². The number of rotatable bonds is 2. The van der Waals surface area contributed by atoms with Crippen molar-refractivity contribution in [2.75, 3.05) is 0 Å². The fraction of sp³-hybridized carbons (Fsp3) is 0. The number of amides is 1. The van der Waals surface area contributed by atoms with E-state index in [9.17, 15) is 4.79 Å². The Morgan fingerprint density at radius 2 is 2.05 bits per heavy atom. The van der Waals surface area contributed by atoms with E-state index in [0.29, 0.717) is 25.8 Å². The average Bonchev–Trinajstić information content (AvgIpc) is 2.98. The zero-order chi connectivity index (χ0) is 14.1. The Morgan fingerprint density at radius 1 is 1.25 bits per heavy atom. The summed E-state index contributed by atoms with van der Waals surface area (Å²) in [5.41, 5.74) is 0.817. The quantitative estimate of drug-likeness (QED) is 0.668. The van der Waals surface area contributed by atoms with Crippen molar-refractivity contribution in [1.29, 1.82) is 0 Å². The van der Waals surface area contributed by atoms with Crippen LogP contribution in [0, 0.1) is 0 Å². The van der Waals surface area contributed by atoms with Crippen LogP contribution in [0.2, 0.25) is 5.02 Å².